The standard InChI is InChI=1S/C21H17BrClN3O2S2/c1-2-10-24-17(27)12-29-21-25-18(13-6-4-3-5-7-13)20(30-21)26-19(28)15-11-14(22)8-9-16(15)23/h2-9,11H,1,10,12H2,(H,24,27)(H,26,28). The molecule has 1 heterocycles. The first-order chi connectivity index (χ1) is 14.5. The van der Waals surface area contributed by atoms with Crippen molar-refractivity contribution in [2.24, 2.45) is 0 Å². The second kappa shape index (κ2) is 10.8. The summed E-state index contributed by atoms with van der Waals surface area (Å²) in [6.45, 7) is 4.00. The van der Waals surface area contributed by atoms with Gasteiger partial charge in [0.05, 0.1) is 16.3 Å². The predicted molar refractivity (Wildman–Crippen MR) is 129 cm³/mol. The molecule has 0 atom stereocenters. The fourth-order valence-electron chi connectivity index (χ4n) is 2.44. The average molecular weight is 523 g/mol. The quantitative estimate of drug-likeness (QED) is 0.287. The maximum atomic E-state index is 12.8. The van der Waals surface area contributed by atoms with E-state index in [1.54, 1.807) is 24.3 Å². The van der Waals surface area contributed by atoms with Crippen molar-refractivity contribution in [1.29, 1.82) is 0 Å². The van der Waals surface area contributed by atoms with E-state index in [9.17, 15) is 9.59 Å². The van der Waals surface area contributed by atoms with Crippen LogP contribution >= 0.6 is 50.6 Å². The van der Waals surface area contributed by atoms with Crippen LogP contribution in [0.5, 0.6) is 0 Å². The molecule has 0 saturated heterocycles. The fourth-order valence-corrected chi connectivity index (χ4v) is 4.90. The van der Waals surface area contributed by atoms with Crippen molar-refractivity contribution in [1.82, 2.24) is 10.3 Å². The lowest BCUT2D eigenvalue weighted by Gasteiger charge is -2.07. The molecule has 0 fully saturated rings. The van der Waals surface area contributed by atoms with Gasteiger partial charge in [-0.05, 0) is 18.2 Å². The Morgan fingerprint density at radius 2 is 2.00 bits per heavy atom. The highest BCUT2D eigenvalue weighted by molar-refractivity contribution is 9.10. The van der Waals surface area contributed by atoms with Crippen molar-refractivity contribution in [3.05, 3.63) is 76.2 Å². The van der Waals surface area contributed by atoms with E-state index >= 15 is 0 Å². The van der Waals surface area contributed by atoms with Crippen molar-refractivity contribution < 1.29 is 9.59 Å². The number of halogens is 2. The van der Waals surface area contributed by atoms with Gasteiger partial charge in [-0.2, -0.15) is 0 Å². The lowest BCUT2D eigenvalue weighted by atomic mass is 10.1. The minimum Gasteiger partial charge on any atom is -0.352 e. The number of benzene rings is 2. The number of hydrogen-bond donors (Lipinski definition) is 2. The van der Waals surface area contributed by atoms with Crippen molar-refractivity contribution in [3.63, 3.8) is 0 Å². The number of aromatic nitrogens is 1. The zero-order valence-corrected chi connectivity index (χ0v) is 19.6. The molecule has 154 valence electrons. The maximum absolute atomic E-state index is 12.8. The van der Waals surface area contributed by atoms with Crippen LogP contribution in [0.3, 0.4) is 0 Å². The third kappa shape index (κ3) is 5.95. The first-order valence-corrected chi connectivity index (χ1v) is 11.8. The summed E-state index contributed by atoms with van der Waals surface area (Å²) in [5.41, 5.74) is 1.87. The van der Waals surface area contributed by atoms with E-state index < -0.39 is 0 Å². The second-order valence-corrected chi connectivity index (χ2v) is 9.53. The molecule has 0 spiro atoms. The smallest absolute Gasteiger partial charge is 0.257 e. The van der Waals surface area contributed by atoms with Crippen molar-refractivity contribution >= 4 is 67.4 Å². The molecule has 0 aliphatic rings. The van der Waals surface area contributed by atoms with Gasteiger partial charge in [0.15, 0.2) is 4.34 Å². The van der Waals surface area contributed by atoms with Crippen LogP contribution < -0.4 is 10.6 Å². The Morgan fingerprint density at radius 3 is 2.73 bits per heavy atom. The van der Waals surface area contributed by atoms with Crippen LogP contribution in [0.1, 0.15) is 10.4 Å². The Bertz CT molecular complexity index is 1070. The summed E-state index contributed by atoms with van der Waals surface area (Å²) in [5.74, 6) is -0.217. The predicted octanol–water partition coefficient (Wildman–Crippen LogP) is 5.87. The molecule has 5 nitrogen and oxygen atoms in total. The highest BCUT2D eigenvalue weighted by Gasteiger charge is 2.19. The summed E-state index contributed by atoms with van der Waals surface area (Å²) in [6.07, 6.45) is 1.63. The van der Waals surface area contributed by atoms with Gasteiger partial charge < -0.3 is 10.6 Å². The normalized spacial score (nSPS) is 10.5. The molecular formula is C21H17BrClN3O2S2. The third-order valence-electron chi connectivity index (χ3n) is 3.83. The van der Waals surface area contributed by atoms with Crippen molar-refractivity contribution in [3.8, 4) is 11.3 Å². The minimum absolute atomic E-state index is 0.108. The van der Waals surface area contributed by atoms with Gasteiger partial charge in [0.2, 0.25) is 5.91 Å². The van der Waals surface area contributed by atoms with Crippen molar-refractivity contribution in [2.45, 2.75) is 4.34 Å². The van der Waals surface area contributed by atoms with Crippen LogP contribution in [-0.4, -0.2) is 29.1 Å². The number of carbonyl (C=O) groups excluding carboxylic acids is 2. The summed E-state index contributed by atoms with van der Waals surface area (Å²) in [6, 6.07) is 14.7. The molecule has 9 heteroatoms. The van der Waals surface area contributed by atoms with E-state index in [-0.39, 0.29) is 17.6 Å². The summed E-state index contributed by atoms with van der Waals surface area (Å²) in [5, 5.41) is 6.60. The largest absolute Gasteiger partial charge is 0.352 e. The Labute approximate surface area is 196 Å². The van der Waals surface area contributed by atoms with E-state index in [0.717, 1.165) is 10.0 Å². The minimum atomic E-state index is -0.331. The molecule has 0 radical (unpaired) electrons. The number of nitrogens with one attached hydrogen (secondary N) is 2. The highest BCUT2D eigenvalue weighted by Crippen LogP contribution is 2.38. The molecule has 1 aromatic heterocycles. The molecule has 0 saturated carbocycles. The van der Waals surface area contributed by atoms with Crippen LogP contribution in [0.2, 0.25) is 5.02 Å². The van der Waals surface area contributed by atoms with Gasteiger partial charge in [0.25, 0.3) is 5.91 Å². The van der Waals surface area contributed by atoms with E-state index in [1.807, 2.05) is 30.3 Å². The molecule has 0 unspecified atom stereocenters. The van der Waals surface area contributed by atoms with Crippen LogP contribution in [0, 0.1) is 0 Å². The zero-order chi connectivity index (χ0) is 21.5. The van der Waals surface area contributed by atoms with Gasteiger partial charge in [-0.1, -0.05) is 87.0 Å². The molecule has 30 heavy (non-hydrogen) atoms. The summed E-state index contributed by atoms with van der Waals surface area (Å²) in [7, 11) is 0. The van der Waals surface area contributed by atoms with Crippen LogP contribution in [-0.2, 0) is 4.79 Å². The number of amides is 2. The molecule has 2 aromatic carbocycles. The monoisotopic (exact) mass is 521 g/mol. The van der Waals surface area contributed by atoms with Crippen LogP contribution in [0.25, 0.3) is 11.3 Å². The van der Waals surface area contributed by atoms with Gasteiger partial charge in [-0.25, -0.2) is 4.98 Å². The lowest BCUT2D eigenvalue weighted by molar-refractivity contribution is -0.118. The average Bonchev–Trinajstić information content (AvgIpc) is 3.15. The Hall–Kier alpha value is -2.13. The topological polar surface area (TPSA) is 71.1 Å². The summed E-state index contributed by atoms with van der Waals surface area (Å²) < 4.78 is 1.43. The zero-order valence-electron chi connectivity index (χ0n) is 15.7. The maximum Gasteiger partial charge on any atom is 0.257 e. The summed E-state index contributed by atoms with van der Waals surface area (Å²) in [4.78, 5) is 29.4. The molecule has 2 N–H and O–H groups in total. The molecule has 0 bridgehead atoms. The second-order valence-electron chi connectivity index (χ2n) is 5.98. The van der Waals surface area contributed by atoms with Crippen LogP contribution in [0.4, 0.5) is 5.00 Å². The number of thioether (sulfide) groups is 1. The first kappa shape index (κ1) is 22.6. The van der Waals surface area contributed by atoms with E-state index in [0.29, 0.717) is 32.2 Å². The molecular weight excluding hydrogens is 506 g/mol. The Kier molecular flexibility index (Phi) is 8.09. The van der Waals surface area contributed by atoms with Gasteiger partial charge in [-0.15, -0.1) is 6.58 Å². The Balaban J connectivity index is 1.85. The highest BCUT2D eigenvalue weighted by atomic mass is 79.9. The molecule has 0 aliphatic heterocycles. The van der Waals surface area contributed by atoms with E-state index in [1.165, 1.54) is 23.1 Å². The van der Waals surface area contributed by atoms with E-state index in [4.69, 9.17) is 11.6 Å². The van der Waals surface area contributed by atoms with Crippen LogP contribution in [0.15, 0.2) is 70.0 Å². The number of carbonyl (C=O) groups is 2. The molecule has 3 rings (SSSR count). The molecule has 3 aromatic rings. The fraction of sp³-hybridized carbons (Fsp3) is 0.0952. The van der Waals surface area contributed by atoms with Crippen molar-refractivity contribution in [2.75, 3.05) is 17.6 Å². The third-order valence-corrected chi connectivity index (χ3v) is 6.76. The summed E-state index contributed by atoms with van der Waals surface area (Å²) >= 11 is 12.2. The molecule has 0 aliphatic carbocycles. The first-order valence-electron chi connectivity index (χ1n) is 8.81. The number of nitrogens with zero attached hydrogens (tertiary/aromatic N) is 1. The lowest BCUT2D eigenvalue weighted by Crippen LogP contribution is -2.24. The Morgan fingerprint density at radius 1 is 1.23 bits per heavy atom. The number of thiazole rings is 1. The number of hydrogen-bond acceptors (Lipinski definition) is 5. The number of rotatable bonds is 8. The van der Waals surface area contributed by atoms with E-state index in [2.05, 4.69) is 38.1 Å². The van der Waals surface area contributed by atoms with Gasteiger partial charge in [0.1, 0.15) is 10.7 Å². The molecule has 2 amide bonds. The SMILES string of the molecule is C=CCNC(=O)CSc1nc(-c2ccccc2)c(NC(=O)c2cc(Br)ccc2Cl)s1. The van der Waals surface area contributed by atoms with Gasteiger partial charge in [0, 0.05) is 16.6 Å². The van der Waals surface area contributed by atoms with Gasteiger partial charge >= 0.3 is 0 Å². The van der Waals surface area contributed by atoms with Gasteiger partial charge in [-0.3, -0.25) is 9.59 Å². The number of anilines is 1.